The van der Waals surface area contributed by atoms with Crippen LogP contribution in [0, 0.1) is 19.8 Å². The Morgan fingerprint density at radius 3 is 2.60 bits per heavy atom. The lowest BCUT2D eigenvalue weighted by Gasteiger charge is -2.38. The lowest BCUT2D eigenvalue weighted by Crippen LogP contribution is -2.49. The van der Waals surface area contributed by atoms with Gasteiger partial charge in [-0.05, 0) is 63.7 Å². The molecule has 0 radical (unpaired) electrons. The molecule has 13 heteroatoms. The fraction of sp³-hybridized carbons (Fsp3) is 0.448. The number of benzene rings is 2. The molecule has 0 spiro atoms. The van der Waals surface area contributed by atoms with E-state index in [1.165, 1.54) is 13.0 Å². The van der Waals surface area contributed by atoms with Crippen LogP contribution in [0.5, 0.6) is 17.2 Å². The third kappa shape index (κ3) is 6.03. The number of sulfonamides is 1. The average molecular weight is 601 g/mol. The van der Waals surface area contributed by atoms with Gasteiger partial charge in [-0.25, -0.2) is 8.42 Å². The van der Waals surface area contributed by atoms with Crippen molar-refractivity contribution >= 4 is 21.6 Å². The van der Waals surface area contributed by atoms with Gasteiger partial charge in [-0.1, -0.05) is 18.1 Å². The van der Waals surface area contributed by atoms with E-state index in [0.717, 1.165) is 17.1 Å². The Morgan fingerprint density at radius 1 is 1.14 bits per heavy atom. The highest BCUT2D eigenvalue weighted by molar-refractivity contribution is 7.92. The van der Waals surface area contributed by atoms with Crippen LogP contribution >= 0.6 is 0 Å². The van der Waals surface area contributed by atoms with Crippen molar-refractivity contribution in [1.82, 2.24) is 15.0 Å². The molecule has 2 aromatic carbocycles. The van der Waals surface area contributed by atoms with E-state index in [1.807, 2.05) is 32.2 Å². The predicted octanol–water partition coefficient (Wildman–Crippen LogP) is 3.17. The Kier molecular flexibility index (Phi) is 8.35. The van der Waals surface area contributed by atoms with Crippen molar-refractivity contribution in [3.05, 3.63) is 59.0 Å². The van der Waals surface area contributed by atoms with Gasteiger partial charge in [0.2, 0.25) is 6.79 Å². The van der Waals surface area contributed by atoms with Gasteiger partial charge in [0.25, 0.3) is 15.9 Å². The first-order valence-electron chi connectivity index (χ1n) is 13.7. The fourth-order valence-corrected chi connectivity index (χ4v) is 6.67. The minimum absolute atomic E-state index is 0.0493. The highest BCUT2D eigenvalue weighted by atomic mass is 32.2. The van der Waals surface area contributed by atoms with Crippen LogP contribution < -0.4 is 18.9 Å². The van der Waals surface area contributed by atoms with Gasteiger partial charge in [0, 0.05) is 31.2 Å². The van der Waals surface area contributed by atoms with Crippen LogP contribution in [0.25, 0.3) is 0 Å². The summed E-state index contributed by atoms with van der Waals surface area (Å²) >= 11 is 0. The number of aromatic nitrogens is 1. The number of ether oxygens (including phenoxy) is 3. The second-order valence-corrected chi connectivity index (χ2v) is 12.6. The maximum absolute atomic E-state index is 13.8. The minimum Gasteiger partial charge on any atom is -0.488 e. The summed E-state index contributed by atoms with van der Waals surface area (Å²) in [6.07, 6.45) is -0.311. The average Bonchev–Trinajstić information content (AvgIpc) is 3.55. The van der Waals surface area contributed by atoms with Crippen molar-refractivity contribution in [3.63, 3.8) is 0 Å². The van der Waals surface area contributed by atoms with Gasteiger partial charge in [0.05, 0.1) is 18.2 Å². The van der Waals surface area contributed by atoms with Gasteiger partial charge >= 0.3 is 0 Å². The second kappa shape index (κ2) is 11.8. The third-order valence-electron chi connectivity index (χ3n) is 7.53. The second-order valence-electron chi connectivity index (χ2n) is 11.0. The molecule has 42 heavy (non-hydrogen) atoms. The maximum atomic E-state index is 13.8. The van der Waals surface area contributed by atoms with E-state index in [2.05, 4.69) is 14.8 Å². The van der Waals surface area contributed by atoms with E-state index >= 15 is 0 Å². The molecular formula is C29H36N4O8S. The van der Waals surface area contributed by atoms with Crippen LogP contribution in [-0.4, -0.2) is 80.1 Å². The number of carbonyl (C=O) groups excluding carboxylic acids is 1. The third-order valence-corrected chi connectivity index (χ3v) is 9.16. The van der Waals surface area contributed by atoms with Crippen LogP contribution in [-0.2, 0) is 16.6 Å². The number of nitrogens with one attached hydrogen (secondary N) is 1. The largest absolute Gasteiger partial charge is 0.488 e. The number of aliphatic hydroxyl groups excluding tert-OH is 1. The lowest BCUT2D eigenvalue weighted by atomic mass is 9.99. The molecule has 1 amide bonds. The number of hydrogen-bond acceptors (Lipinski definition) is 10. The summed E-state index contributed by atoms with van der Waals surface area (Å²) < 4.78 is 51.2. The molecule has 0 bridgehead atoms. The van der Waals surface area contributed by atoms with E-state index < -0.39 is 16.1 Å². The normalized spacial score (nSPS) is 19.2. The standard InChI is InChI=1S/C29H36N4O8S/c1-17-12-33(18(2)15-34)29(35)23-11-22(31-42(36,37)28-19(3)30-41-20(28)4)7-9-24(23)40-27(17)14-32(5)13-21-6-8-25-26(10-21)39-16-38-25/h6-11,17-18,27,31,34H,12-16H2,1-5H3/t17-,18-,27-/m0/s1. The molecule has 5 rings (SSSR count). The van der Waals surface area contributed by atoms with Gasteiger partial charge in [-0.2, -0.15) is 0 Å². The molecule has 3 heterocycles. The monoisotopic (exact) mass is 600 g/mol. The van der Waals surface area contributed by atoms with Crippen LogP contribution in [0.15, 0.2) is 45.8 Å². The predicted molar refractivity (Wildman–Crippen MR) is 153 cm³/mol. The van der Waals surface area contributed by atoms with E-state index in [9.17, 15) is 18.3 Å². The quantitative estimate of drug-likeness (QED) is 0.376. The summed E-state index contributed by atoms with van der Waals surface area (Å²) in [6.45, 7) is 8.37. The molecular weight excluding hydrogens is 564 g/mol. The zero-order valence-electron chi connectivity index (χ0n) is 24.3. The summed E-state index contributed by atoms with van der Waals surface area (Å²) in [7, 11) is -2.04. The van der Waals surface area contributed by atoms with Crippen molar-refractivity contribution in [2.75, 3.05) is 38.3 Å². The van der Waals surface area contributed by atoms with E-state index in [-0.39, 0.29) is 58.9 Å². The van der Waals surface area contributed by atoms with E-state index in [1.54, 1.807) is 30.9 Å². The summed E-state index contributed by atoms with van der Waals surface area (Å²) in [4.78, 5) is 17.5. The van der Waals surface area contributed by atoms with Crippen molar-refractivity contribution in [1.29, 1.82) is 0 Å². The van der Waals surface area contributed by atoms with Gasteiger partial charge in [0.1, 0.15) is 17.5 Å². The first-order chi connectivity index (χ1) is 20.0. The number of hydrogen-bond donors (Lipinski definition) is 2. The van der Waals surface area contributed by atoms with Crippen molar-refractivity contribution in [2.24, 2.45) is 5.92 Å². The molecule has 0 saturated carbocycles. The molecule has 0 unspecified atom stereocenters. The molecule has 0 aliphatic carbocycles. The number of likely N-dealkylation sites (N-methyl/N-ethyl adjacent to an activating group) is 1. The number of nitrogens with zero attached hydrogens (tertiary/aromatic N) is 3. The Balaban J connectivity index is 1.41. The molecule has 2 N–H and O–H groups in total. The Morgan fingerprint density at radius 2 is 1.88 bits per heavy atom. The number of carbonyl (C=O) groups is 1. The Hall–Kier alpha value is -3.81. The smallest absolute Gasteiger partial charge is 0.267 e. The number of rotatable bonds is 9. The first-order valence-corrected chi connectivity index (χ1v) is 15.2. The zero-order chi connectivity index (χ0) is 30.2. The Bertz CT molecular complexity index is 1550. The molecule has 1 aromatic heterocycles. The Labute approximate surface area is 245 Å². The van der Waals surface area contributed by atoms with Crippen molar-refractivity contribution < 1.29 is 37.1 Å². The van der Waals surface area contributed by atoms with Crippen molar-refractivity contribution in [2.45, 2.75) is 51.3 Å². The maximum Gasteiger partial charge on any atom is 0.267 e. The first kappa shape index (κ1) is 29.7. The van der Waals surface area contributed by atoms with Crippen LogP contribution in [0.2, 0.25) is 0 Å². The molecule has 12 nitrogen and oxygen atoms in total. The molecule has 3 atom stereocenters. The number of amides is 1. The van der Waals surface area contributed by atoms with Crippen LogP contribution in [0.4, 0.5) is 5.69 Å². The zero-order valence-corrected chi connectivity index (χ0v) is 25.1. The number of aliphatic hydroxyl groups is 1. The molecule has 226 valence electrons. The SMILES string of the molecule is Cc1noc(C)c1S(=O)(=O)Nc1ccc2c(c1)C(=O)N([C@@H](C)CO)C[C@H](C)[C@H](CN(C)Cc1ccc3c(c1)OCO3)O2. The topological polar surface area (TPSA) is 144 Å². The van der Waals surface area contributed by atoms with Crippen LogP contribution in [0.1, 0.15) is 41.2 Å². The summed E-state index contributed by atoms with van der Waals surface area (Å²) in [5, 5.41) is 13.7. The van der Waals surface area contributed by atoms with Gasteiger partial charge < -0.3 is 28.7 Å². The number of aryl methyl sites for hydroxylation is 2. The van der Waals surface area contributed by atoms with Crippen LogP contribution in [0.3, 0.4) is 0 Å². The van der Waals surface area contributed by atoms with E-state index in [4.69, 9.17) is 18.7 Å². The highest BCUT2D eigenvalue weighted by Gasteiger charge is 2.34. The van der Waals surface area contributed by atoms with Crippen molar-refractivity contribution in [3.8, 4) is 17.2 Å². The summed E-state index contributed by atoms with van der Waals surface area (Å²) in [6, 6.07) is 10.0. The number of anilines is 1. The van der Waals surface area contributed by atoms with Gasteiger partial charge in [-0.3, -0.25) is 14.4 Å². The molecule has 0 fully saturated rings. The fourth-order valence-electron chi connectivity index (χ4n) is 5.29. The molecule has 2 aliphatic rings. The van der Waals surface area contributed by atoms with Gasteiger partial charge in [0.15, 0.2) is 22.2 Å². The van der Waals surface area contributed by atoms with E-state index in [0.29, 0.717) is 25.4 Å². The molecule has 3 aromatic rings. The van der Waals surface area contributed by atoms with Gasteiger partial charge in [-0.15, -0.1) is 0 Å². The molecule has 2 aliphatic heterocycles. The minimum atomic E-state index is -4.03. The summed E-state index contributed by atoms with van der Waals surface area (Å²) in [5.41, 5.74) is 1.67. The number of fused-ring (bicyclic) bond motifs is 2. The summed E-state index contributed by atoms with van der Waals surface area (Å²) in [5.74, 6) is 1.51. The molecule has 0 saturated heterocycles. The lowest BCUT2D eigenvalue weighted by molar-refractivity contribution is 0.0341. The highest BCUT2D eigenvalue weighted by Crippen LogP contribution is 2.34.